The lowest BCUT2D eigenvalue weighted by atomic mass is 9.95. The summed E-state index contributed by atoms with van der Waals surface area (Å²) >= 11 is 0. The van der Waals surface area contributed by atoms with Crippen molar-refractivity contribution in [3.05, 3.63) is 23.8 Å². The molecule has 35 heavy (non-hydrogen) atoms. The fourth-order valence-corrected chi connectivity index (χ4v) is 4.18. The number of nitrogens with zero attached hydrogens (tertiary/aromatic N) is 4. The van der Waals surface area contributed by atoms with Crippen molar-refractivity contribution in [3.63, 3.8) is 0 Å². The first-order chi connectivity index (χ1) is 17.2. The van der Waals surface area contributed by atoms with Crippen LogP contribution in [0.4, 0.5) is 17.8 Å². The molecular weight excluding hydrogens is 450 g/mol. The van der Waals surface area contributed by atoms with Gasteiger partial charge in [0.15, 0.2) is 11.5 Å². The van der Waals surface area contributed by atoms with Crippen LogP contribution in [-0.2, 0) is 16.0 Å². The maximum Gasteiger partial charge on any atom is 0.231 e. The Kier molecular flexibility index (Phi) is 9.56. The van der Waals surface area contributed by atoms with Gasteiger partial charge in [0.1, 0.15) is 0 Å². The second-order valence-corrected chi connectivity index (χ2v) is 8.67. The molecule has 0 atom stereocenters. The zero-order valence-electron chi connectivity index (χ0n) is 20.5. The second-order valence-electron chi connectivity index (χ2n) is 8.67. The summed E-state index contributed by atoms with van der Waals surface area (Å²) in [6, 6.07) is 6.34. The van der Waals surface area contributed by atoms with Crippen molar-refractivity contribution in [2.45, 2.75) is 44.7 Å². The Morgan fingerprint density at radius 1 is 0.943 bits per heavy atom. The first-order valence-corrected chi connectivity index (χ1v) is 12.4. The predicted octanol–water partition coefficient (Wildman–Crippen LogP) is 2.39. The minimum absolute atomic E-state index is 0.260. The maximum atomic E-state index is 5.60. The fraction of sp³-hybridized carbons (Fsp3) is 0.625. The van der Waals surface area contributed by atoms with Gasteiger partial charge in [0, 0.05) is 32.7 Å². The molecule has 1 aromatic carbocycles. The highest BCUT2D eigenvalue weighted by atomic mass is 16.7. The Morgan fingerprint density at radius 3 is 2.49 bits per heavy atom. The quantitative estimate of drug-likeness (QED) is 0.340. The molecule has 4 rings (SSSR count). The SMILES string of the molecule is CN(c1nc(NCCOCCOCCN)nc(NCc2ccc3c(c2)OCO3)n1)C1CCCCC1. The van der Waals surface area contributed by atoms with Gasteiger partial charge < -0.3 is 40.2 Å². The van der Waals surface area contributed by atoms with Gasteiger partial charge in [-0.15, -0.1) is 0 Å². The highest BCUT2D eigenvalue weighted by molar-refractivity contribution is 5.47. The molecule has 0 unspecified atom stereocenters. The lowest BCUT2D eigenvalue weighted by Crippen LogP contribution is -2.35. The van der Waals surface area contributed by atoms with Gasteiger partial charge in [0.05, 0.1) is 26.4 Å². The number of ether oxygens (including phenoxy) is 4. The molecule has 2 heterocycles. The topological polar surface area (TPSA) is 129 Å². The Labute approximate surface area is 206 Å². The van der Waals surface area contributed by atoms with Crippen LogP contribution in [-0.4, -0.2) is 74.4 Å². The van der Waals surface area contributed by atoms with Gasteiger partial charge in [-0.05, 0) is 30.5 Å². The standard InChI is InChI=1S/C24H37N7O4/c1-31(19-5-3-2-4-6-19)24-29-22(26-10-12-33-14-13-32-11-9-25)28-23(30-24)27-16-18-7-8-20-21(15-18)35-17-34-20/h7-8,15,19H,2-6,9-14,16-17,25H2,1H3,(H2,26,27,28,29,30). The third kappa shape index (κ3) is 7.55. The maximum absolute atomic E-state index is 5.60. The van der Waals surface area contributed by atoms with Crippen molar-refractivity contribution in [3.8, 4) is 11.5 Å². The van der Waals surface area contributed by atoms with Crippen molar-refractivity contribution < 1.29 is 18.9 Å². The Hall–Kier alpha value is -2.89. The molecular formula is C24H37N7O4. The monoisotopic (exact) mass is 487 g/mol. The van der Waals surface area contributed by atoms with Gasteiger partial charge >= 0.3 is 0 Å². The van der Waals surface area contributed by atoms with Crippen LogP contribution in [0.3, 0.4) is 0 Å². The first kappa shape index (κ1) is 25.2. The number of nitrogens with two attached hydrogens (primary N) is 1. The Morgan fingerprint density at radius 2 is 1.69 bits per heavy atom. The molecule has 0 radical (unpaired) electrons. The van der Waals surface area contributed by atoms with Crippen molar-refractivity contribution in [1.29, 1.82) is 0 Å². The molecule has 0 amide bonds. The molecule has 1 aromatic heterocycles. The highest BCUT2D eigenvalue weighted by Gasteiger charge is 2.21. The van der Waals surface area contributed by atoms with Crippen LogP contribution >= 0.6 is 0 Å². The van der Waals surface area contributed by atoms with Crippen molar-refractivity contribution in [1.82, 2.24) is 15.0 Å². The minimum atomic E-state index is 0.260. The van der Waals surface area contributed by atoms with Crippen LogP contribution in [0.25, 0.3) is 0 Å². The van der Waals surface area contributed by atoms with Crippen molar-refractivity contribution >= 4 is 17.8 Å². The molecule has 2 aromatic rings. The summed E-state index contributed by atoms with van der Waals surface area (Å²) in [4.78, 5) is 16.2. The van der Waals surface area contributed by atoms with Gasteiger partial charge in [0.2, 0.25) is 24.6 Å². The van der Waals surface area contributed by atoms with Crippen LogP contribution in [0.5, 0.6) is 11.5 Å². The number of hydrogen-bond acceptors (Lipinski definition) is 11. The van der Waals surface area contributed by atoms with Crippen LogP contribution in [0.1, 0.15) is 37.7 Å². The lowest BCUT2D eigenvalue weighted by Gasteiger charge is -2.31. The normalized spacial score (nSPS) is 15.3. The second kappa shape index (κ2) is 13.3. The first-order valence-electron chi connectivity index (χ1n) is 12.4. The Bertz CT molecular complexity index is 927. The molecule has 1 aliphatic carbocycles. The lowest BCUT2D eigenvalue weighted by molar-refractivity contribution is 0.0547. The van der Waals surface area contributed by atoms with E-state index < -0.39 is 0 Å². The molecule has 1 aliphatic heterocycles. The van der Waals surface area contributed by atoms with E-state index in [9.17, 15) is 0 Å². The zero-order chi connectivity index (χ0) is 24.3. The summed E-state index contributed by atoms with van der Waals surface area (Å²) in [7, 11) is 2.07. The molecule has 192 valence electrons. The van der Waals surface area contributed by atoms with Gasteiger partial charge in [-0.1, -0.05) is 25.3 Å². The predicted molar refractivity (Wildman–Crippen MR) is 134 cm³/mol. The van der Waals surface area contributed by atoms with Gasteiger partial charge in [-0.3, -0.25) is 0 Å². The van der Waals surface area contributed by atoms with Crippen LogP contribution in [0, 0.1) is 0 Å². The average molecular weight is 488 g/mol. The van der Waals surface area contributed by atoms with E-state index >= 15 is 0 Å². The number of benzene rings is 1. The van der Waals surface area contributed by atoms with Gasteiger partial charge in [-0.2, -0.15) is 15.0 Å². The molecule has 1 saturated carbocycles. The fourth-order valence-electron chi connectivity index (χ4n) is 4.18. The third-order valence-electron chi connectivity index (χ3n) is 6.11. The van der Waals surface area contributed by atoms with E-state index in [1.165, 1.54) is 19.3 Å². The van der Waals surface area contributed by atoms with Crippen LogP contribution in [0.15, 0.2) is 18.2 Å². The van der Waals surface area contributed by atoms with E-state index in [1.54, 1.807) is 0 Å². The van der Waals surface area contributed by atoms with Gasteiger partial charge in [0.25, 0.3) is 0 Å². The summed E-state index contributed by atoms with van der Waals surface area (Å²) in [5, 5.41) is 6.60. The number of nitrogens with one attached hydrogen (secondary N) is 2. The zero-order valence-corrected chi connectivity index (χ0v) is 20.5. The van der Waals surface area contributed by atoms with Crippen LogP contribution < -0.4 is 30.7 Å². The van der Waals surface area contributed by atoms with Gasteiger partial charge in [-0.25, -0.2) is 0 Å². The van der Waals surface area contributed by atoms with E-state index in [1.807, 2.05) is 18.2 Å². The van der Waals surface area contributed by atoms with Crippen molar-refractivity contribution in [2.24, 2.45) is 5.73 Å². The highest BCUT2D eigenvalue weighted by Crippen LogP contribution is 2.32. The summed E-state index contributed by atoms with van der Waals surface area (Å²) in [5.74, 6) is 3.24. The average Bonchev–Trinajstić information content (AvgIpc) is 3.37. The smallest absolute Gasteiger partial charge is 0.231 e. The van der Waals surface area contributed by atoms with E-state index in [0.717, 1.165) is 29.9 Å². The molecule has 4 N–H and O–H groups in total. The van der Waals surface area contributed by atoms with E-state index in [2.05, 4.69) is 27.6 Å². The number of aromatic nitrogens is 3. The van der Waals surface area contributed by atoms with E-state index in [4.69, 9.17) is 34.6 Å². The van der Waals surface area contributed by atoms with E-state index in [0.29, 0.717) is 69.9 Å². The third-order valence-corrected chi connectivity index (χ3v) is 6.11. The molecule has 0 saturated heterocycles. The summed E-state index contributed by atoms with van der Waals surface area (Å²) in [6.45, 7) is 4.04. The summed E-state index contributed by atoms with van der Waals surface area (Å²) < 4.78 is 21.8. The Balaban J connectivity index is 1.37. The largest absolute Gasteiger partial charge is 0.454 e. The molecule has 0 bridgehead atoms. The van der Waals surface area contributed by atoms with E-state index in [-0.39, 0.29) is 6.79 Å². The molecule has 2 aliphatic rings. The molecule has 11 nitrogen and oxygen atoms in total. The minimum Gasteiger partial charge on any atom is -0.454 e. The molecule has 1 fully saturated rings. The number of anilines is 3. The molecule has 11 heteroatoms. The van der Waals surface area contributed by atoms with Crippen molar-refractivity contribution in [2.75, 3.05) is 68.9 Å². The summed E-state index contributed by atoms with van der Waals surface area (Å²) in [5.41, 5.74) is 6.46. The number of hydrogen-bond donors (Lipinski definition) is 3. The number of fused-ring (bicyclic) bond motifs is 1. The summed E-state index contributed by atoms with van der Waals surface area (Å²) in [6.07, 6.45) is 6.10. The molecule has 0 spiro atoms. The van der Waals surface area contributed by atoms with Crippen LogP contribution in [0.2, 0.25) is 0 Å². The number of rotatable bonds is 14.